The number of phenolic OH excluding ortho intramolecular Hbond substituents is 1. The number of phenols is 1. The molecule has 0 heterocycles. The van der Waals surface area contributed by atoms with Crippen molar-refractivity contribution >= 4 is 35.3 Å². The molecule has 3 N–H and O–H groups in total. The van der Waals surface area contributed by atoms with Gasteiger partial charge in [-0.2, -0.15) is 0 Å². The van der Waals surface area contributed by atoms with Gasteiger partial charge in [0, 0.05) is 17.9 Å². The van der Waals surface area contributed by atoms with Gasteiger partial charge >= 0.3 is 12.1 Å². The van der Waals surface area contributed by atoms with Gasteiger partial charge in [0.15, 0.2) is 0 Å². The van der Waals surface area contributed by atoms with E-state index in [9.17, 15) is 9.59 Å². The average Bonchev–Trinajstić information content (AvgIpc) is 2.64. The summed E-state index contributed by atoms with van der Waals surface area (Å²) in [5.41, 5.74) is 5.46. The van der Waals surface area contributed by atoms with Gasteiger partial charge in [0.2, 0.25) is 0 Å². The molecule has 6 nitrogen and oxygen atoms in total. The molecular weight excluding hydrogens is 441 g/mol. The summed E-state index contributed by atoms with van der Waals surface area (Å²) in [7, 11) is 0. The highest BCUT2D eigenvalue weighted by Gasteiger charge is 2.12. The van der Waals surface area contributed by atoms with E-state index >= 15 is 0 Å². The minimum absolute atomic E-state index is 0.0372. The molecule has 8 heteroatoms. The largest absolute Gasteiger partial charge is 0.506 e. The SMILES string of the molecule is CC(C)(C)OC(N)=O.CCC(=O)OC(C)Cc1ccccc1.Oc1ccc(Cl)cc1Cl. The van der Waals surface area contributed by atoms with Gasteiger partial charge in [-0.15, -0.1) is 0 Å². The van der Waals surface area contributed by atoms with Crippen molar-refractivity contribution < 1.29 is 24.2 Å². The van der Waals surface area contributed by atoms with E-state index in [1.165, 1.54) is 17.7 Å². The van der Waals surface area contributed by atoms with Gasteiger partial charge in [-0.3, -0.25) is 4.79 Å². The quantitative estimate of drug-likeness (QED) is 0.520. The first-order valence-corrected chi connectivity index (χ1v) is 10.5. The van der Waals surface area contributed by atoms with E-state index in [2.05, 4.69) is 4.74 Å². The van der Waals surface area contributed by atoms with Gasteiger partial charge in [-0.05, 0) is 51.5 Å². The smallest absolute Gasteiger partial charge is 0.405 e. The molecule has 2 rings (SSSR count). The lowest BCUT2D eigenvalue weighted by Gasteiger charge is -2.16. The molecule has 0 radical (unpaired) electrons. The molecule has 1 unspecified atom stereocenters. The van der Waals surface area contributed by atoms with Crippen LogP contribution in [0.25, 0.3) is 0 Å². The number of carbonyl (C=O) groups is 2. The predicted octanol–water partition coefficient (Wildman–Crippen LogP) is 6.15. The van der Waals surface area contributed by atoms with Crippen molar-refractivity contribution in [2.75, 3.05) is 0 Å². The van der Waals surface area contributed by atoms with E-state index in [4.69, 9.17) is 38.8 Å². The van der Waals surface area contributed by atoms with Crippen molar-refractivity contribution in [2.45, 2.75) is 59.2 Å². The van der Waals surface area contributed by atoms with E-state index < -0.39 is 11.7 Å². The second-order valence-corrected chi connectivity index (χ2v) is 8.32. The van der Waals surface area contributed by atoms with Crippen molar-refractivity contribution in [3.05, 3.63) is 64.1 Å². The first-order valence-electron chi connectivity index (χ1n) is 9.70. The molecule has 0 saturated carbocycles. The third-order valence-electron chi connectivity index (χ3n) is 3.30. The molecule has 0 saturated heterocycles. The molecule has 0 spiro atoms. The van der Waals surface area contributed by atoms with Crippen LogP contribution in [0.1, 0.15) is 46.6 Å². The Hall–Kier alpha value is -2.44. The summed E-state index contributed by atoms with van der Waals surface area (Å²) >= 11 is 11.0. The fraction of sp³-hybridized carbons (Fsp3) is 0.391. The van der Waals surface area contributed by atoms with Gasteiger partial charge in [0.05, 0.1) is 5.02 Å². The van der Waals surface area contributed by atoms with Crippen LogP contribution in [0.4, 0.5) is 4.79 Å². The number of ether oxygens (including phenoxy) is 2. The van der Waals surface area contributed by atoms with E-state index in [1.807, 2.05) is 37.3 Å². The van der Waals surface area contributed by atoms with Crippen molar-refractivity contribution in [3.8, 4) is 5.75 Å². The minimum atomic E-state index is -0.725. The number of halogens is 2. The molecule has 1 atom stereocenters. The average molecular weight is 472 g/mol. The summed E-state index contributed by atoms with van der Waals surface area (Å²) in [5.74, 6) is -0.0745. The highest BCUT2D eigenvalue weighted by atomic mass is 35.5. The van der Waals surface area contributed by atoms with Gasteiger partial charge in [0.1, 0.15) is 17.5 Å². The zero-order valence-electron chi connectivity index (χ0n) is 18.5. The summed E-state index contributed by atoms with van der Waals surface area (Å²) in [5, 5.41) is 9.66. The van der Waals surface area contributed by atoms with Crippen LogP contribution >= 0.6 is 23.2 Å². The van der Waals surface area contributed by atoms with Crippen molar-refractivity contribution in [1.29, 1.82) is 0 Å². The first kappa shape index (κ1) is 28.6. The Balaban J connectivity index is 0.000000461. The molecule has 1 amide bonds. The van der Waals surface area contributed by atoms with Crippen molar-refractivity contribution in [1.82, 2.24) is 0 Å². The summed E-state index contributed by atoms with van der Waals surface area (Å²) in [6.45, 7) is 9.01. The molecular formula is C23H31Cl2NO5. The lowest BCUT2D eigenvalue weighted by molar-refractivity contribution is -0.147. The zero-order valence-corrected chi connectivity index (χ0v) is 20.0. The standard InChI is InChI=1S/C12H16O2.C6H4Cl2O.C5H11NO2/c1-3-12(13)14-10(2)9-11-7-5-4-6-8-11;7-4-1-2-6(9)5(8)3-4;1-5(2,3)8-4(6)7/h4-8,10H,3,9H2,1-2H3;1-3,9H;1-3H3,(H2,6,7). The molecule has 0 aliphatic rings. The monoisotopic (exact) mass is 471 g/mol. The van der Waals surface area contributed by atoms with Crippen LogP contribution in [0.2, 0.25) is 10.0 Å². The number of benzene rings is 2. The molecule has 0 bridgehead atoms. The summed E-state index contributed by atoms with van der Waals surface area (Å²) < 4.78 is 9.74. The third kappa shape index (κ3) is 16.0. The minimum Gasteiger partial charge on any atom is -0.506 e. The van der Waals surface area contributed by atoms with E-state index in [0.29, 0.717) is 11.4 Å². The highest BCUT2D eigenvalue weighted by molar-refractivity contribution is 6.35. The number of carbonyl (C=O) groups excluding carboxylic acids is 2. The fourth-order valence-corrected chi connectivity index (χ4v) is 2.49. The highest BCUT2D eigenvalue weighted by Crippen LogP contribution is 2.25. The summed E-state index contributed by atoms with van der Waals surface area (Å²) in [4.78, 5) is 21.0. The molecule has 0 aliphatic heterocycles. The van der Waals surface area contributed by atoms with Crippen molar-refractivity contribution in [2.24, 2.45) is 5.73 Å². The number of aromatic hydroxyl groups is 1. The molecule has 0 aliphatic carbocycles. The van der Waals surface area contributed by atoms with Crippen LogP contribution in [0.5, 0.6) is 5.75 Å². The molecule has 172 valence electrons. The number of amides is 1. The van der Waals surface area contributed by atoms with Crippen LogP contribution in [0.3, 0.4) is 0 Å². The maximum atomic E-state index is 11.0. The number of esters is 1. The van der Waals surface area contributed by atoms with E-state index in [-0.39, 0.29) is 22.8 Å². The number of nitrogens with two attached hydrogens (primary N) is 1. The molecule has 2 aromatic carbocycles. The van der Waals surface area contributed by atoms with E-state index in [1.54, 1.807) is 33.8 Å². The Morgan fingerprint density at radius 2 is 1.68 bits per heavy atom. The number of hydrogen-bond acceptors (Lipinski definition) is 5. The number of primary amides is 1. The first-order chi connectivity index (χ1) is 14.3. The van der Waals surface area contributed by atoms with Crippen molar-refractivity contribution in [3.63, 3.8) is 0 Å². The van der Waals surface area contributed by atoms with Crippen LogP contribution in [0, 0.1) is 0 Å². The Morgan fingerprint density at radius 1 is 1.10 bits per heavy atom. The van der Waals surface area contributed by atoms with Crippen LogP contribution in [0.15, 0.2) is 48.5 Å². The lowest BCUT2D eigenvalue weighted by atomic mass is 10.1. The normalized spacial score (nSPS) is 11.1. The van der Waals surface area contributed by atoms with Gasteiger partial charge in [-0.1, -0.05) is 60.5 Å². The maximum absolute atomic E-state index is 11.0. The fourth-order valence-electron chi connectivity index (χ4n) is 2.08. The van der Waals surface area contributed by atoms with Gasteiger partial charge in [-0.25, -0.2) is 4.79 Å². The number of hydrogen-bond donors (Lipinski definition) is 2. The number of rotatable bonds is 4. The molecule has 31 heavy (non-hydrogen) atoms. The Kier molecular flexibility index (Phi) is 13.4. The summed E-state index contributed by atoms with van der Waals surface area (Å²) in [6.07, 6.45) is 0.466. The maximum Gasteiger partial charge on any atom is 0.405 e. The second kappa shape index (κ2) is 14.5. The lowest BCUT2D eigenvalue weighted by Crippen LogP contribution is -2.27. The topological polar surface area (TPSA) is 98.9 Å². The summed E-state index contributed by atoms with van der Waals surface area (Å²) in [6, 6.07) is 14.5. The zero-order chi connectivity index (χ0) is 24.0. The Labute approximate surface area is 194 Å². The van der Waals surface area contributed by atoms with Crippen LogP contribution in [-0.4, -0.2) is 28.9 Å². The predicted molar refractivity (Wildman–Crippen MR) is 125 cm³/mol. The van der Waals surface area contributed by atoms with Gasteiger partial charge < -0.3 is 20.3 Å². The Bertz CT molecular complexity index is 807. The van der Waals surface area contributed by atoms with Crippen LogP contribution < -0.4 is 5.73 Å². The molecule has 0 aromatic heterocycles. The third-order valence-corrected chi connectivity index (χ3v) is 3.84. The van der Waals surface area contributed by atoms with Gasteiger partial charge in [0.25, 0.3) is 0 Å². The van der Waals surface area contributed by atoms with E-state index in [0.717, 1.165) is 6.42 Å². The molecule has 2 aromatic rings. The Morgan fingerprint density at radius 3 is 2.06 bits per heavy atom. The van der Waals surface area contributed by atoms with Crippen LogP contribution in [-0.2, 0) is 20.7 Å². The molecule has 0 fully saturated rings. The second-order valence-electron chi connectivity index (χ2n) is 7.47.